The Kier molecular flexibility index (Phi) is 4.80. The van der Waals surface area contributed by atoms with Gasteiger partial charge in [0.25, 0.3) is 5.91 Å². The van der Waals surface area contributed by atoms with Gasteiger partial charge in [-0.1, -0.05) is 31.4 Å². The molecule has 6 heteroatoms. The predicted octanol–water partition coefficient (Wildman–Crippen LogP) is 3.61. The van der Waals surface area contributed by atoms with Gasteiger partial charge in [-0.05, 0) is 31.0 Å². The van der Waals surface area contributed by atoms with E-state index in [-0.39, 0.29) is 11.4 Å². The van der Waals surface area contributed by atoms with E-state index in [0.717, 1.165) is 12.8 Å². The number of anilines is 2. The minimum atomic E-state index is -0.476. The van der Waals surface area contributed by atoms with Crippen molar-refractivity contribution in [2.45, 2.75) is 38.1 Å². The first-order chi connectivity index (χ1) is 11.2. The Hall–Kier alpha value is -2.50. The van der Waals surface area contributed by atoms with Crippen molar-refractivity contribution in [3.8, 4) is 0 Å². The molecule has 0 spiro atoms. The Labute approximate surface area is 134 Å². The van der Waals surface area contributed by atoms with Crippen molar-refractivity contribution in [1.82, 2.24) is 9.97 Å². The Bertz CT molecular complexity index is 686. The molecule has 0 aliphatic heterocycles. The molecule has 1 saturated carbocycles. The zero-order valence-electron chi connectivity index (χ0n) is 12.8. The summed E-state index contributed by atoms with van der Waals surface area (Å²) < 4.78 is 13.6. The van der Waals surface area contributed by atoms with E-state index in [1.165, 1.54) is 43.7 Å². The van der Waals surface area contributed by atoms with Crippen molar-refractivity contribution in [3.63, 3.8) is 0 Å². The molecule has 23 heavy (non-hydrogen) atoms. The number of aromatic nitrogens is 2. The van der Waals surface area contributed by atoms with E-state index >= 15 is 0 Å². The second kappa shape index (κ2) is 7.17. The lowest BCUT2D eigenvalue weighted by Gasteiger charge is -2.22. The minimum absolute atomic E-state index is 0.137. The van der Waals surface area contributed by atoms with Gasteiger partial charge in [-0.25, -0.2) is 14.4 Å². The zero-order valence-corrected chi connectivity index (χ0v) is 12.8. The van der Waals surface area contributed by atoms with E-state index in [0.29, 0.717) is 12.0 Å². The molecule has 120 valence electrons. The molecular weight excluding hydrogens is 295 g/mol. The van der Waals surface area contributed by atoms with Gasteiger partial charge in [0.2, 0.25) is 5.95 Å². The monoisotopic (exact) mass is 314 g/mol. The van der Waals surface area contributed by atoms with Crippen LogP contribution < -0.4 is 10.6 Å². The van der Waals surface area contributed by atoms with Crippen LogP contribution in [0.5, 0.6) is 0 Å². The van der Waals surface area contributed by atoms with Crippen LogP contribution >= 0.6 is 0 Å². The maximum atomic E-state index is 13.6. The average molecular weight is 314 g/mol. The van der Waals surface area contributed by atoms with Crippen LogP contribution in [0.15, 0.2) is 36.5 Å². The van der Waals surface area contributed by atoms with Gasteiger partial charge in [0, 0.05) is 12.2 Å². The topological polar surface area (TPSA) is 66.9 Å². The number of benzene rings is 1. The molecule has 0 bridgehead atoms. The summed E-state index contributed by atoms with van der Waals surface area (Å²) >= 11 is 0. The van der Waals surface area contributed by atoms with E-state index in [4.69, 9.17) is 0 Å². The van der Waals surface area contributed by atoms with E-state index < -0.39 is 11.7 Å². The third kappa shape index (κ3) is 4.03. The highest BCUT2D eigenvalue weighted by Crippen LogP contribution is 2.20. The number of hydrogen-bond donors (Lipinski definition) is 2. The van der Waals surface area contributed by atoms with E-state index in [1.807, 2.05) is 0 Å². The van der Waals surface area contributed by atoms with Crippen LogP contribution in [0.1, 0.15) is 42.6 Å². The zero-order chi connectivity index (χ0) is 16.1. The molecule has 5 nitrogen and oxygen atoms in total. The van der Waals surface area contributed by atoms with Gasteiger partial charge in [0.05, 0.1) is 5.69 Å². The molecule has 2 aromatic rings. The first-order valence-corrected chi connectivity index (χ1v) is 7.88. The first-order valence-electron chi connectivity index (χ1n) is 7.88. The van der Waals surface area contributed by atoms with Crippen molar-refractivity contribution in [2.24, 2.45) is 0 Å². The number of hydrogen-bond acceptors (Lipinski definition) is 4. The van der Waals surface area contributed by atoms with Gasteiger partial charge in [-0.15, -0.1) is 0 Å². The summed E-state index contributed by atoms with van der Waals surface area (Å²) in [7, 11) is 0. The molecule has 1 aliphatic carbocycles. The van der Waals surface area contributed by atoms with Crippen molar-refractivity contribution < 1.29 is 9.18 Å². The van der Waals surface area contributed by atoms with Crippen LogP contribution in [0, 0.1) is 5.82 Å². The van der Waals surface area contributed by atoms with Crippen LogP contribution in [-0.4, -0.2) is 21.9 Å². The van der Waals surface area contributed by atoms with Crippen molar-refractivity contribution in [1.29, 1.82) is 0 Å². The predicted molar refractivity (Wildman–Crippen MR) is 86.9 cm³/mol. The lowest BCUT2D eigenvalue weighted by molar-refractivity contribution is 0.102. The molecule has 0 unspecified atom stereocenters. The lowest BCUT2D eigenvalue weighted by atomic mass is 9.96. The Morgan fingerprint density at radius 2 is 1.91 bits per heavy atom. The average Bonchev–Trinajstić information content (AvgIpc) is 2.58. The third-order valence-corrected chi connectivity index (χ3v) is 3.95. The summed E-state index contributed by atoms with van der Waals surface area (Å²) in [6, 6.07) is 7.91. The van der Waals surface area contributed by atoms with E-state index in [2.05, 4.69) is 20.6 Å². The van der Waals surface area contributed by atoms with Crippen LogP contribution in [0.4, 0.5) is 16.0 Å². The Balaban J connectivity index is 1.69. The molecule has 1 aromatic carbocycles. The Morgan fingerprint density at radius 3 is 2.70 bits per heavy atom. The maximum absolute atomic E-state index is 13.6. The molecule has 0 saturated heterocycles. The number of para-hydroxylation sites is 1. The maximum Gasteiger partial charge on any atom is 0.274 e. The largest absolute Gasteiger partial charge is 0.351 e. The van der Waals surface area contributed by atoms with Gasteiger partial charge < -0.3 is 10.6 Å². The van der Waals surface area contributed by atoms with Crippen LogP contribution in [0.2, 0.25) is 0 Å². The van der Waals surface area contributed by atoms with Crippen LogP contribution in [0.25, 0.3) is 0 Å². The van der Waals surface area contributed by atoms with Crippen LogP contribution in [-0.2, 0) is 0 Å². The quantitative estimate of drug-likeness (QED) is 0.904. The summed E-state index contributed by atoms with van der Waals surface area (Å²) in [5.74, 6) is -0.488. The summed E-state index contributed by atoms with van der Waals surface area (Å²) in [5, 5.41) is 5.80. The number of halogens is 1. The van der Waals surface area contributed by atoms with Crippen LogP contribution in [0.3, 0.4) is 0 Å². The summed E-state index contributed by atoms with van der Waals surface area (Å²) in [6.07, 6.45) is 7.39. The van der Waals surface area contributed by atoms with Crippen molar-refractivity contribution in [3.05, 3.63) is 48.0 Å². The normalized spacial score (nSPS) is 15.2. The minimum Gasteiger partial charge on any atom is -0.351 e. The lowest BCUT2D eigenvalue weighted by Crippen LogP contribution is -2.24. The van der Waals surface area contributed by atoms with Gasteiger partial charge in [0.15, 0.2) is 0 Å². The number of carbonyl (C=O) groups is 1. The molecule has 0 radical (unpaired) electrons. The Morgan fingerprint density at radius 1 is 1.13 bits per heavy atom. The molecular formula is C17H19FN4O. The molecule has 3 rings (SSSR count). The van der Waals surface area contributed by atoms with Gasteiger partial charge in [-0.2, -0.15) is 0 Å². The highest BCUT2D eigenvalue weighted by molar-refractivity contribution is 6.03. The van der Waals surface area contributed by atoms with Crippen molar-refractivity contribution >= 4 is 17.5 Å². The third-order valence-electron chi connectivity index (χ3n) is 3.95. The fourth-order valence-electron chi connectivity index (χ4n) is 2.73. The molecule has 1 aliphatic rings. The fraction of sp³-hybridized carbons (Fsp3) is 0.353. The smallest absolute Gasteiger partial charge is 0.274 e. The highest BCUT2D eigenvalue weighted by atomic mass is 19.1. The summed E-state index contributed by atoms with van der Waals surface area (Å²) in [4.78, 5) is 20.6. The number of rotatable bonds is 4. The number of carbonyl (C=O) groups excluding carboxylic acids is 1. The standard InChI is InChI=1S/C17H19FN4O/c18-13-8-4-5-9-14(13)21-16(23)15-10-11-19-17(22-15)20-12-6-2-1-3-7-12/h4-5,8-12H,1-3,6-7H2,(H,21,23)(H,19,20,22). The van der Waals surface area contributed by atoms with E-state index in [9.17, 15) is 9.18 Å². The SMILES string of the molecule is O=C(Nc1ccccc1F)c1ccnc(NC2CCCCC2)n1. The van der Waals surface area contributed by atoms with E-state index in [1.54, 1.807) is 12.1 Å². The van der Waals surface area contributed by atoms with Gasteiger partial charge in [0.1, 0.15) is 11.5 Å². The van der Waals surface area contributed by atoms with Gasteiger partial charge in [-0.3, -0.25) is 4.79 Å². The van der Waals surface area contributed by atoms with Gasteiger partial charge >= 0.3 is 0 Å². The second-order valence-electron chi connectivity index (χ2n) is 5.68. The summed E-state index contributed by atoms with van der Waals surface area (Å²) in [5.41, 5.74) is 0.347. The molecule has 1 heterocycles. The summed E-state index contributed by atoms with van der Waals surface area (Å²) in [6.45, 7) is 0. The molecule has 2 N–H and O–H groups in total. The highest BCUT2D eigenvalue weighted by Gasteiger charge is 2.16. The number of nitrogens with zero attached hydrogens (tertiary/aromatic N) is 2. The number of amides is 1. The molecule has 1 amide bonds. The molecule has 0 atom stereocenters. The fourth-order valence-corrected chi connectivity index (χ4v) is 2.73. The molecule has 1 fully saturated rings. The van der Waals surface area contributed by atoms with Crippen molar-refractivity contribution in [2.75, 3.05) is 10.6 Å². The second-order valence-corrected chi connectivity index (χ2v) is 5.68. The number of nitrogens with one attached hydrogen (secondary N) is 2. The molecule has 1 aromatic heterocycles. The first kappa shape index (κ1) is 15.4.